The molecule has 22 heavy (non-hydrogen) atoms. The second-order valence-electron chi connectivity index (χ2n) is 6.22. The lowest BCUT2D eigenvalue weighted by atomic mass is 9.87. The first kappa shape index (κ1) is 16.7. The van der Waals surface area contributed by atoms with Crippen LogP contribution in [0.5, 0.6) is 0 Å². The SMILES string of the molecule is CC(C)(C)CC(NC(=O)c1cc(Cl)cc(Cl)c1)c1nn[nH]n1. The summed E-state index contributed by atoms with van der Waals surface area (Å²) < 4.78 is 0. The highest BCUT2D eigenvalue weighted by molar-refractivity contribution is 6.35. The second-order valence-corrected chi connectivity index (χ2v) is 7.09. The maximum absolute atomic E-state index is 12.4. The average Bonchev–Trinajstić information content (AvgIpc) is 2.88. The molecule has 2 rings (SSSR count). The van der Waals surface area contributed by atoms with Crippen molar-refractivity contribution in [2.75, 3.05) is 0 Å². The topological polar surface area (TPSA) is 83.6 Å². The van der Waals surface area contributed by atoms with Crippen LogP contribution in [0.4, 0.5) is 0 Å². The van der Waals surface area contributed by atoms with Crippen LogP contribution in [0.25, 0.3) is 0 Å². The fourth-order valence-electron chi connectivity index (χ4n) is 2.06. The van der Waals surface area contributed by atoms with Gasteiger partial charge in [0, 0.05) is 15.6 Å². The maximum Gasteiger partial charge on any atom is 0.251 e. The summed E-state index contributed by atoms with van der Waals surface area (Å²) in [5.74, 6) is 0.153. The Kier molecular flexibility index (Phi) is 5.03. The second kappa shape index (κ2) is 6.62. The van der Waals surface area contributed by atoms with Gasteiger partial charge in [0.05, 0.1) is 6.04 Å². The summed E-state index contributed by atoms with van der Waals surface area (Å²) in [6, 6.07) is 4.34. The van der Waals surface area contributed by atoms with Gasteiger partial charge in [0.25, 0.3) is 5.91 Å². The van der Waals surface area contributed by atoms with Crippen molar-refractivity contribution < 1.29 is 4.79 Å². The van der Waals surface area contributed by atoms with Crippen LogP contribution in [0, 0.1) is 5.41 Å². The fraction of sp³-hybridized carbons (Fsp3) is 0.429. The number of hydrogen-bond donors (Lipinski definition) is 2. The third-order valence-corrected chi connectivity index (χ3v) is 3.36. The number of nitrogens with one attached hydrogen (secondary N) is 2. The van der Waals surface area contributed by atoms with Gasteiger partial charge in [0.1, 0.15) is 0 Å². The van der Waals surface area contributed by atoms with Gasteiger partial charge in [0.2, 0.25) is 0 Å². The summed E-state index contributed by atoms with van der Waals surface area (Å²) in [4.78, 5) is 12.4. The number of aromatic amines is 1. The van der Waals surface area contributed by atoms with E-state index in [1.54, 1.807) is 18.2 Å². The normalized spacial score (nSPS) is 13.0. The third-order valence-electron chi connectivity index (χ3n) is 2.92. The predicted molar refractivity (Wildman–Crippen MR) is 84.9 cm³/mol. The molecule has 0 aliphatic rings. The Hall–Kier alpha value is -1.66. The van der Waals surface area contributed by atoms with Gasteiger partial charge < -0.3 is 5.32 Å². The van der Waals surface area contributed by atoms with Crippen molar-refractivity contribution in [3.8, 4) is 0 Å². The summed E-state index contributed by atoms with van der Waals surface area (Å²) >= 11 is 11.9. The molecule has 0 fully saturated rings. The molecule has 0 aliphatic carbocycles. The summed E-state index contributed by atoms with van der Waals surface area (Å²) in [6.07, 6.45) is 0.659. The molecule has 2 N–H and O–H groups in total. The number of halogens is 2. The van der Waals surface area contributed by atoms with Crippen LogP contribution in [0.1, 0.15) is 49.4 Å². The zero-order chi connectivity index (χ0) is 16.3. The summed E-state index contributed by atoms with van der Waals surface area (Å²) in [5, 5.41) is 17.6. The molecule has 1 amide bonds. The number of carbonyl (C=O) groups is 1. The molecule has 0 saturated heterocycles. The zero-order valence-electron chi connectivity index (χ0n) is 12.5. The molecule has 6 nitrogen and oxygen atoms in total. The average molecular weight is 342 g/mol. The van der Waals surface area contributed by atoms with Crippen LogP contribution < -0.4 is 5.32 Å². The van der Waals surface area contributed by atoms with Crippen LogP contribution >= 0.6 is 23.2 Å². The lowest BCUT2D eigenvalue weighted by Gasteiger charge is -2.24. The molecule has 1 aromatic heterocycles. The van der Waals surface area contributed by atoms with E-state index in [-0.39, 0.29) is 17.4 Å². The summed E-state index contributed by atoms with van der Waals surface area (Å²) in [5.41, 5.74) is 0.366. The Balaban J connectivity index is 2.21. The minimum atomic E-state index is -0.357. The first-order chi connectivity index (χ1) is 10.2. The van der Waals surface area contributed by atoms with E-state index >= 15 is 0 Å². The van der Waals surface area contributed by atoms with E-state index in [9.17, 15) is 4.79 Å². The number of benzene rings is 1. The number of hydrogen-bond acceptors (Lipinski definition) is 4. The van der Waals surface area contributed by atoms with Crippen molar-refractivity contribution in [2.24, 2.45) is 5.41 Å². The first-order valence-electron chi connectivity index (χ1n) is 6.75. The highest BCUT2D eigenvalue weighted by atomic mass is 35.5. The molecular formula is C14H17Cl2N5O. The fourth-order valence-corrected chi connectivity index (χ4v) is 2.59. The lowest BCUT2D eigenvalue weighted by Crippen LogP contribution is -2.32. The molecule has 1 heterocycles. The van der Waals surface area contributed by atoms with Crippen molar-refractivity contribution in [3.05, 3.63) is 39.6 Å². The third kappa shape index (κ3) is 4.68. The van der Waals surface area contributed by atoms with E-state index in [0.717, 1.165) is 0 Å². The van der Waals surface area contributed by atoms with Crippen LogP contribution in [0.2, 0.25) is 10.0 Å². The highest BCUT2D eigenvalue weighted by Crippen LogP contribution is 2.28. The van der Waals surface area contributed by atoms with E-state index < -0.39 is 0 Å². The number of rotatable bonds is 4. The van der Waals surface area contributed by atoms with E-state index in [0.29, 0.717) is 27.9 Å². The molecule has 1 aromatic carbocycles. The Bertz CT molecular complexity index is 631. The number of tetrazole rings is 1. The summed E-state index contributed by atoms with van der Waals surface area (Å²) in [6.45, 7) is 6.22. The quantitative estimate of drug-likeness (QED) is 0.892. The molecule has 0 spiro atoms. The Morgan fingerprint density at radius 3 is 2.41 bits per heavy atom. The van der Waals surface area contributed by atoms with Gasteiger partial charge >= 0.3 is 0 Å². The van der Waals surface area contributed by atoms with E-state index in [1.165, 1.54) is 0 Å². The van der Waals surface area contributed by atoms with Gasteiger partial charge in [-0.05, 0) is 30.0 Å². The highest BCUT2D eigenvalue weighted by Gasteiger charge is 2.25. The largest absolute Gasteiger partial charge is 0.342 e. The van der Waals surface area contributed by atoms with Gasteiger partial charge in [-0.1, -0.05) is 49.2 Å². The van der Waals surface area contributed by atoms with Crippen LogP contribution in [0.15, 0.2) is 18.2 Å². The zero-order valence-corrected chi connectivity index (χ0v) is 14.0. The number of nitrogens with zero attached hydrogens (tertiary/aromatic N) is 3. The Morgan fingerprint density at radius 2 is 1.91 bits per heavy atom. The minimum Gasteiger partial charge on any atom is -0.342 e. The van der Waals surface area contributed by atoms with Crippen molar-refractivity contribution >= 4 is 29.1 Å². The number of amides is 1. The van der Waals surface area contributed by atoms with Crippen molar-refractivity contribution in [1.29, 1.82) is 0 Å². The van der Waals surface area contributed by atoms with Crippen LogP contribution in [-0.2, 0) is 0 Å². The molecular weight excluding hydrogens is 325 g/mol. The first-order valence-corrected chi connectivity index (χ1v) is 7.50. The number of aromatic nitrogens is 4. The number of carbonyl (C=O) groups excluding carboxylic acids is 1. The molecule has 8 heteroatoms. The molecule has 0 saturated carbocycles. The Morgan fingerprint density at radius 1 is 1.27 bits per heavy atom. The molecule has 0 bridgehead atoms. The number of H-pyrrole nitrogens is 1. The van der Waals surface area contributed by atoms with E-state index in [4.69, 9.17) is 23.2 Å². The molecule has 118 valence electrons. The van der Waals surface area contributed by atoms with Gasteiger partial charge in [0.15, 0.2) is 5.82 Å². The Labute approximate surface area is 138 Å². The van der Waals surface area contributed by atoms with Crippen molar-refractivity contribution in [2.45, 2.75) is 33.2 Å². The molecule has 2 aromatic rings. The molecule has 0 aliphatic heterocycles. The minimum absolute atomic E-state index is 0.0233. The van der Waals surface area contributed by atoms with Gasteiger partial charge in [-0.15, -0.1) is 10.2 Å². The smallest absolute Gasteiger partial charge is 0.251 e. The monoisotopic (exact) mass is 341 g/mol. The van der Waals surface area contributed by atoms with Crippen LogP contribution in [0.3, 0.4) is 0 Å². The molecule has 0 radical (unpaired) electrons. The standard InChI is InChI=1S/C14H17Cl2N5O/c1-14(2,3)7-11(12-18-20-21-19-12)17-13(22)8-4-9(15)6-10(16)5-8/h4-6,11H,7H2,1-3H3,(H,17,22)(H,18,19,20,21). The van der Waals surface area contributed by atoms with Crippen LogP contribution in [-0.4, -0.2) is 26.5 Å². The van der Waals surface area contributed by atoms with E-state index in [2.05, 4.69) is 46.7 Å². The molecule has 1 atom stereocenters. The maximum atomic E-state index is 12.4. The van der Waals surface area contributed by atoms with Crippen molar-refractivity contribution in [1.82, 2.24) is 25.9 Å². The van der Waals surface area contributed by atoms with Gasteiger partial charge in [-0.25, -0.2) is 0 Å². The van der Waals surface area contributed by atoms with Gasteiger partial charge in [-0.2, -0.15) is 5.21 Å². The van der Waals surface area contributed by atoms with Crippen molar-refractivity contribution in [3.63, 3.8) is 0 Å². The lowest BCUT2D eigenvalue weighted by molar-refractivity contribution is 0.0924. The summed E-state index contributed by atoms with van der Waals surface area (Å²) in [7, 11) is 0. The predicted octanol–water partition coefficient (Wildman–Crippen LogP) is 3.41. The van der Waals surface area contributed by atoms with E-state index in [1.807, 2.05) is 0 Å². The molecule has 1 unspecified atom stereocenters. The van der Waals surface area contributed by atoms with Gasteiger partial charge in [-0.3, -0.25) is 4.79 Å².